The molecule has 0 saturated heterocycles. The highest BCUT2D eigenvalue weighted by Crippen LogP contribution is 2.36. The maximum absolute atomic E-state index is 5.19. The second-order valence-electron chi connectivity index (χ2n) is 9.93. The van der Waals surface area contributed by atoms with Crippen molar-refractivity contribution >= 4 is 54.4 Å². The molecule has 178 valence electrons. The Morgan fingerprint density at radius 3 is 1.87 bits per heavy atom. The van der Waals surface area contributed by atoms with Crippen LogP contribution in [0, 0.1) is 0 Å². The van der Waals surface area contributed by atoms with Crippen LogP contribution in [0.5, 0.6) is 0 Å². The number of nitrogens with zero attached hydrogens (tertiary/aromatic N) is 3. The van der Waals surface area contributed by atoms with E-state index in [1.807, 2.05) is 6.20 Å². The van der Waals surface area contributed by atoms with Crippen LogP contribution in [-0.4, -0.2) is 14.5 Å². The lowest BCUT2D eigenvalue weighted by Crippen LogP contribution is -1.92. The highest BCUT2D eigenvalue weighted by Gasteiger charge is 2.13. The monoisotopic (exact) mass is 485 g/mol. The van der Waals surface area contributed by atoms with Crippen molar-refractivity contribution in [1.82, 2.24) is 14.5 Å². The molecule has 6 aromatic carbocycles. The van der Waals surface area contributed by atoms with Gasteiger partial charge in [-0.05, 0) is 46.2 Å². The van der Waals surface area contributed by atoms with Crippen LogP contribution in [0.15, 0.2) is 121 Å². The molecule has 0 bridgehead atoms. The Bertz CT molecular complexity index is 2170. The number of hydrogen-bond acceptors (Lipinski definition) is 2. The Labute approximate surface area is 219 Å². The molecule has 0 radical (unpaired) electrons. The van der Waals surface area contributed by atoms with Gasteiger partial charge in [0.2, 0.25) is 0 Å². The number of aromatic nitrogens is 3. The first kappa shape index (κ1) is 21.1. The van der Waals surface area contributed by atoms with Crippen LogP contribution in [0.3, 0.4) is 0 Å². The second kappa shape index (κ2) is 7.99. The highest BCUT2D eigenvalue weighted by molar-refractivity contribution is 6.23. The van der Waals surface area contributed by atoms with E-state index in [0.29, 0.717) is 0 Å². The quantitative estimate of drug-likeness (QED) is 0.229. The van der Waals surface area contributed by atoms with Crippen molar-refractivity contribution in [3.05, 3.63) is 121 Å². The summed E-state index contributed by atoms with van der Waals surface area (Å²) >= 11 is 0. The molecule has 8 aromatic rings. The summed E-state index contributed by atoms with van der Waals surface area (Å²) in [6, 6.07) is 41.0. The van der Waals surface area contributed by atoms with E-state index in [1.165, 1.54) is 43.7 Å². The molecule has 0 unspecified atom stereocenters. The van der Waals surface area contributed by atoms with Crippen molar-refractivity contribution < 1.29 is 0 Å². The molecule has 0 aliphatic carbocycles. The van der Waals surface area contributed by atoms with E-state index in [9.17, 15) is 0 Å². The van der Waals surface area contributed by atoms with Crippen molar-refractivity contribution in [2.24, 2.45) is 7.05 Å². The zero-order valence-corrected chi connectivity index (χ0v) is 20.9. The molecular formula is C35H23N3. The fraction of sp³-hybridized carbons (Fsp3) is 0.0286. The smallest absolute Gasteiger partial charge is 0.0979 e. The molecular weight excluding hydrogens is 462 g/mol. The van der Waals surface area contributed by atoms with Crippen LogP contribution in [-0.2, 0) is 7.05 Å². The largest absolute Gasteiger partial charge is 0.344 e. The van der Waals surface area contributed by atoms with Gasteiger partial charge in [0.1, 0.15) is 0 Å². The van der Waals surface area contributed by atoms with Crippen molar-refractivity contribution in [3.63, 3.8) is 0 Å². The lowest BCUT2D eigenvalue weighted by molar-refractivity contribution is 1.01. The van der Waals surface area contributed by atoms with E-state index in [1.54, 1.807) is 0 Å². The van der Waals surface area contributed by atoms with Crippen molar-refractivity contribution in [3.8, 4) is 22.4 Å². The first-order chi connectivity index (χ1) is 18.8. The summed E-state index contributed by atoms with van der Waals surface area (Å²) in [6.45, 7) is 0. The van der Waals surface area contributed by atoms with E-state index in [4.69, 9.17) is 9.97 Å². The molecule has 3 heteroatoms. The number of aryl methyl sites for hydroxylation is 1. The predicted octanol–water partition coefficient (Wildman–Crippen LogP) is 8.92. The van der Waals surface area contributed by atoms with Gasteiger partial charge in [0.15, 0.2) is 0 Å². The first-order valence-electron chi connectivity index (χ1n) is 12.9. The van der Waals surface area contributed by atoms with Crippen molar-refractivity contribution in [2.45, 2.75) is 0 Å². The first-order valence-corrected chi connectivity index (χ1v) is 12.9. The van der Waals surface area contributed by atoms with E-state index in [2.05, 4.69) is 127 Å². The topological polar surface area (TPSA) is 30.7 Å². The van der Waals surface area contributed by atoms with Crippen LogP contribution >= 0.6 is 0 Å². The molecule has 38 heavy (non-hydrogen) atoms. The Morgan fingerprint density at radius 2 is 1.08 bits per heavy atom. The average Bonchev–Trinajstić information content (AvgIpc) is 3.28. The van der Waals surface area contributed by atoms with Gasteiger partial charge in [0.25, 0.3) is 0 Å². The summed E-state index contributed by atoms with van der Waals surface area (Å²) in [7, 11) is 2.14. The van der Waals surface area contributed by atoms with Gasteiger partial charge in [-0.25, -0.2) is 4.98 Å². The minimum absolute atomic E-state index is 0.881. The highest BCUT2D eigenvalue weighted by atomic mass is 14.9. The molecule has 8 rings (SSSR count). The van der Waals surface area contributed by atoms with E-state index in [0.717, 1.165) is 33.1 Å². The second-order valence-corrected chi connectivity index (χ2v) is 9.93. The van der Waals surface area contributed by atoms with Crippen molar-refractivity contribution in [2.75, 3.05) is 0 Å². The lowest BCUT2D eigenvalue weighted by atomic mass is 9.98. The predicted molar refractivity (Wildman–Crippen MR) is 159 cm³/mol. The molecule has 2 aromatic heterocycles. The average molecular weight is 486 g/mol. The molecule has 0 spiro atoms. The Hall–Kier alpha value is -5.02. The minimum Gasteiger partial charge on any atom is -0.344 e. The Kier molecular flexibility index (Phi) is 4.44. The van der Waals surface area contributed by atoms with Crippen molar-refractivity contribution in [1.29, 1.82) is 0 Å². The molecule has 0 saturated carbocycles. The zero-order chi connectivity index (χ0) is 25.2. The number of para-hydroxylation sites is 1. The SMILES string of the molecule is Cn1c2ccccc2c2cc(-c3cccc(-c4cnc5c6ccccc6c6ccccc6c5n4)c3)ccc21. The summed E-state index contributed by atoms with van der Waals surface area (Å²) in [5.41, 5.74) is 8.69. The fourth-order valence-corrected chi connectivity index (χ4v) is 5.97. The molecule has 0 aliphatic rings. The lowest BCUT2D eigenvalue weighted by Gasteiger charge is -2.11. The Balaban J connectivity index is 1.31. The molecule has 3 nitrogen and oxygen atoms in total. The molecule has 0 atom stereocenters. The molecule has 0 fully saturated rings. The molecule has 2 heterocycles. The van der Waals surface area contributed by atoms with Gasteiger partial charge < -0.3 is 4.57 Å². The fourth-order valence-electron chi connectivity index (χ4n) is 5.97. The summed E-state index contributed by atoms with van der Waals surface area (Å²) < 4.78 is 2.27. The maximum Gasteiger partial charge on any atom is 0.0979 e. The number of rotatable bonds is 2. The van der Waals surface area contributed by atoms with Gasteiger partial charge in [-0.1, -0.05) is 91.0 Å². The summed E-state index contributed by atoms with van der Waals surface area (Å²) in [5.74, 6) is 0. The van der Waals surface area contributed by atoms with E-state index >= 15 is 0 Å². The van der Waals surface area contributed by atoms with Crippen LogP contribution in [0.4, 0.5) is 0 Å². The Morgan fingerprint density at radius 1 is 0.474 bits per heavy atom. The maximum atomic E-state index is 5.19. The van der Waals surface area contributed by atoms with E-state index < -0.39 is 0 Å². The minimum atomic E-state index is 0.881. The summed E-state index contributed by atoms with van der Waals surface area (Å²) in [5, 5.41) is 7.24. The van der Waals surface area contributed by atoms with Crippen LogP contribution in [0.1, 0.15) is 0 Å². The van der Waals surface area contributed by atoms with Gasteiger partial charge in [0, 0.05) is 45.2 Å². The van der Waals surface area contributed by atoms with Gasteiger partial charge in [-0.3, -0.25) is 4.98 Å². The third kappa shape index (κ3) is 3.02. The summed E-state index contributed by atoms with van der Waals surface area (Å²) in [4.78, 5) is 10.1. The number of hydrogen-bond donors (Lipinski definition) is 0. The number of fused-ring (bicyclic) bond motifs is 9. The zero-order valence-electron chi connectivity index (χ0n) is 20.9. The van der Waals surface area contributed by atoms with Gasteiger partial charge >= 0.3 is 0 Å². The summed E-state index contributed by atoms with van der Waals surface area (Å²) in [6.07, 6.45) is 1.91. The van der Waals surface area contributed by atoms with E-state index in [-0.39, 0.29) is 0 Å². The third-order valence-corrected chi connectivity index (χ3v) is 7.83. The van der Waals surface area contributed by atoms with Gasteiger partial charge in [0.05, 0.1) is 22.9 Å². The van der Waals surface area contributed by atoms with Crippen LogP contribution < -0.4 is 0 Å². The van der Waals surface area contributed by atoms with Gasteiger partial charge in [-0.15, -0.1) is 0 Å². The third-order valence-electron chi connectivity index (χ3n) is 7.83. The molecule has 0 N–H and O–H groups in total. The number of benzene rings is 6. The standard InChI is InChI=1S/C35H23N3/c1-38-32-16-7-6-13-27(32)30-20-23(17-18-33(30)38)22-9-8-10-24(19-22)31-21-36-34-28-14-4-2-11-25(28)26-12-3-5-15-29(26)35(34)37-31/h2-21H,1H3. The van der Waals surface area contributed by atoms with Crippen LogP contribution in [0.2, 0.25) is 0 Å². The molecule has 0 amide bonds. The van der Waals surface area contributed by atoms with Gasteiger partial charge in [-0.2, -0.15) is 0 Å². The van der Waals surface area contributed by atoms with Crippen LogP contribution in [0.25, 0.3) is 76.8 Å². The normalized spacial score (nSPS) is 11.8. The molecule has 0 aliphatic heterocycles.